The molecule has 1 aromatic carbocycles. The van der Waals surface area contributed by atoms with Gasteiger partial charge in [-0.3, -0.25) is 4.79 Å². The van der Waals surface area contributed by atoms with E-state index in [4.69, 9.17) is 4.74 Å². The minimum Gasteiger partial charge on any atom is -0.497 e. The molecule has 5 nitrogen and oxygen atoms in total. The molecule has 2 aliphatic heterocycles. The number of hydrazone groups is 1. The molecule has 112 valence electrons. The first-order valence-electron chi connectivity index (χ1n) is 7.49. The highest BCUT2D eigenvalue weighted by atomic mass is 16.5. The molecular weight excluding hydrogens is 266 g/mol. The van der Waals surface area contributed by atoms with Crippen LogP contribution >= 0.6 is 0 Å². The Kier molecular flexibility index (Phi) is 4.20. The molecule has 3 rings (SSSR count). The quantitative estimate of drug-likeness (QED) is 0.916. The molecule has 2 heterocycles. The Morgan fingerprint density at radius 3 is 2.67 bits per heavy atom. The van der Waals surface area contributed by atoms with Crippen molar-refractivity contribution in [3.8, 4) is 5.75 Å². The zero-order valence-electron chi connectivity index (χ0n) is 12.3. The van der Waals surface area contributed by atoms with E-state index in [0.29, 0.717) is 6.42 Å². The van der Waals surface area contributed by atoms with Gasteiger partial charge in [-0.2, -0.15) is 5.10 Å². The van der Waals surface area contributed by atoms with E-state index in [9.17, 15) is 4.79 Å². The summed E-state index contributed by atoms with van der Waals surface area (Å²) in [6.07, 6.45) is 3.03. The Morgan fingerprint density at radius 2 is 2.00 bits per heavy atom. The summed E-state index contributed by atoms with van der Waals surface area (Å²) in [6, 6.07) is 7.88. The van der Waals surface area contributed by atoms with Crippen LogP contribution in [0.1, 0.15) is 24.8 Å². The normalized spacial score (nSPS) is 22.8. The number of carbonyl (C=O) groups is 1. The van der Waals surface area contributed by atoms with Crippen LogP contribution in [0.15, 0.2) is 29.4 Å². The summed E-state index contributed by atoms with van der Waals surface area (Å²) in [5, 5.41) is 4.31. The molecule has 1 aromatic rings. The SMILES string of the molecule is COc1ccc(C2=NNC(=O)C[C@H]2CN2CCCC2)cc1. The van der Waals surface area contributed by atoms with Gasteiger partial charge in [0, 0.05) is 18.9 Å². The molecule has 0 aliphatic carbocycles. The Hall–Kier alpha value is -1.88. The second-order valence-corrected chi connectivity index (χ2v) is 5.67. The van der Waals surface area contributed by atoms with E-state index in [1.807, 2.05) is 24.3 Å². The fraction of sp³-hybridized carbons (Fsp3) is 0.500. The number of hydrogen-bond acceptors (Lipinski definition) is 4. The number of benzene rings is 1. The second-order valence-electron chi connectivity index (χ2n) is 5.67. The number of methoxy groups -OCH3 is 1. The number of rotatable bonds is 4. The van der Waals surface area contributed by atoms with E-state index in [-0.39, 0.29) is 11.8 Å². The van der Waals surface area contributed by atoms with Crippen LogP contribution in [-0.4, -0.2) is 43.3 Å². The number of amides is 1. The van der Waals surface area contributed by atoms with Crippen LogP contribution in [0.2, 0.25) is 0 Å². The molecule has 0 saturated carbocycles. The molecule has 0 bridgehead atoms. The summed E-state index contributed by atoms with van der Waals surface area (Å²) >= 11 is 0. The lowest BCUT2D eigenvalue weighted by molar-refractivity contribution is -0.122. The van der Waals surface area contributed by atoms with Gasteiger partial charge in [0.05, 0.1) is 12.8 Å². The number of nitrogens with one attached hydrogen (secondary N) is 1. The molecule has 2 aliphatic rings. The van der Waals surface area contributed by atoms with Crippen LogP contribution in [0.4, 0.5) is 0 Å². The average molecular weight is 287 g/mol. The van der Waals surface area contributed by atoms with Gasteiger partial charge in [0.2, 0.25) is 5.91 Å². The molecule has 21 heavy (non-hydrogen) atoms. The van der Waals surface area contributed by atoms with E-state index in [1.165, 1.54) is 12.8 Å². The molecule has 0 unspecified atom stereocenters. The Morgan fingerprint density at radius 1 is 1.29 bits per heavy atom. The third-order valence-corrected chi connectivity index (χ3v) is 4.18. The van der Waals surface area contributed by atoms with E-state index in [2.05, 4.69) is 15.4 Å². The minimum atomic E-state index is 0.0106. The topological polar surface area (TPSA) is 53.9 Å². The number of nitrogens with zero attached hydrogens (tertiary/aromatic N) is 2. The van der Waals surface area contributed by atoms with Crippen LogP contribution in [0.25, 0.3) is 0 Å². The van der Waals surface area contributed by atoms with Gasteiger partial charge in [0.25, 0.3) is 0 Å². The van der Waals surface area contributed by atoms with Gasteiger partial charge in [-0.15, -0.1) is 0 Å². The molecule has 0 aromatic heterocycles. The van der Waals surface area contributed by atoms with E-state index in [1.54, 1.807) is 7.11 Å². The van der Waals surface area contributed by atoms with E-state index < -0.39 is 0 Å². The lowest BCUT2D eigenvalue weighted by Crippen LogP contribution is -2.39. The zero-order chi connectivity index (χ0) is 14.7. The Labute approximate surface area is 125 Å². The number of hydrogen-bond donors (Lipinski definition) is 1. The molecule has 1 N–H and O–H groups in total. The van der Waals surface area contributed by atoms with Crippen molar-refractivity contribution in [2.24, 2.45) is 11.0 Å². The fourth-order valence-corrected chi connectivity index (χ4v) is 3.07. The predicted molar refractivity (Wildman–Crippen MR) is 81.5 cm³/mol. The highest BCUT2D eigenvalue weighted by molar-refractivity contribution is 6.06. The summed E-state index contributed by atoms with van der Waals surface area (Å²) in [5.74, 6) is 1.01. The van der Waals surface area contributed by atoms with E-state index in [0.717, 1.165) is 36.7 Å². The van der Waals surface area contributed by atoms with Crippen LogP contribution in [0.5, 0.6) is 5.75 Å². The number of likely N-dealkylation sites (tertiary alicyclic amines) is 1. The van der Waals surface area contributed by atoms with Crippen LogP contribution < -0.4 is 10.2 Å². The third-order valence-electron chi connectivity index (χ3n) is 4.18. The maximum Gasteiger partial charge on any atom is 0.240 e. The van der Waals surface area contributed by atoms with Crippen LogP contribution in [0, 0.1) is 5.92 Å². The third kappa shape index (κ3) is 3.24. The van der Waals surface area contributed by atoms with Gasteiger partial charge in [-0.05, 0) is 55.8 Å². The van der Waals surface area contributed by atoms with Crippen molar-refractivity contribution < 1.29 is 9.53 Å². The van der Waals surface area contributed by atoms with Crippen molar-refractivity contribution >= 4 is 11.6 Å². The van der Waals surface area contributed by atoms with Crippen molar-refractivity contribution in [2.75, 3.05) is 26.7 Å². The van der Waals surface area contributed by atoms with Gasteiger partial charge in [-0.25, -0.2) is 5.43 Å². The van der Waals surface area contributed by atoms with Gasteiger partial charge < -0.3 is 9.64 Å². The highest BCUT2D eigenvalue weighted by Crippen LogP contribution is 2.22. The molecule has 1 amide bonds. The lowest BCUT2D eigenvalue weighted by atomic mass is 9.91. The average Bonchev–Trinajstić information content (AvgIpc) is 3.01. The van der Waals surface area contributed by atoms with Crippen molar-refractivity contribution in [3.63, 3.8) is 0 Å². The minimum absolute atomic E-state index is 0.0106. The number of carbonyl (C=O) groups excluding carboxylic acids is 1. The van der Waals surface area contributed by atoms with Gasteiger partial charge in [0.15, 0.2) is 0 Å². The molecule has 1 atom stereocenters. The maximum absolute atomic E-state index is 11.7. The summed E-state index contributed by atoms with van der Waals surface area (Å²) in [4.78, 5) is 14.1. The van der Waals surface area contributed by atoms with Crippen molar-refractivity contribution in [1.82, 2.24) is 10.3 Å². The summed E-state index contributed by atoms with van der Waals surface area (Å²) in [5.41, 5.74) is 4.64. The van der Waals surface area contributed by atoms with Crippen molar-refractivity contribution in [2.45, 2.75) is 19.3 Å². The zero-order valence-corrected chi connectivity index (χ0v) is 12.3. The van der Waals surface area contributed by atoms with Crippen LogP contribution in [-0.2, 0) is 4.79 Å². The predicted octanol–water partition coefficient (Wildman–Crippen LogP) is 1.63. The van der Waals surface area contributed by atoms with Gasteiger partial charge in [-0.1, -0.05) is 0 Å². The summed E-state index contributed by atoms with van der Waals surface area (Å²) < 4.78 is 5.19. The molecule has 5 heteroatoms. The largest absolute Gasteiger partial charge is 0.497 e. The van der Waals surface area contributed by atoms with Crippen LogP contribution in [0.3, 0.4) is 0 Å². The standard InChI is InChI=1S/C16H21N3O2/c1-21-14-6-4-12(5-7-14)16-13(10-15(20)17-18-16)11-19-8-2-3-9-19/h4-7,13H,2-3,8-11H2,1H3,(H,17,20)/t13-/m0/s1. The first kappa shape index (κ1) is 14.1. The fourth-order valence-electron chi connectivity index (χ4n) is 3.07. The smallest absolute Gasteiger partial charge is 0.240 e. The first-order valence-corrected chi connectivity index (χ1v) is 7.49. The van der Waals surface area contributed by atoms with Gasteiger partial charge >= 0.3 is 0 Å². The summed E-state index contributed by atoms with van der Waals surface area (Å²) in [6.45, 7) is 3.18. The monoisotopic (exact) mass is 287 g/mol. The Bertz CT molecular complexity index is 533. The van der Waals surface area contributed by atoms with Crippen molar-refractivity contribution in [1.29, 1.82) is 0 Å². The van der Waals surface area contributed by atoms with Gasteiger partial charge in [0.1, 0.15) is 5.75 Å². The highest BCUT2D eigenvalue weighted by Gasteiger charge is 2.28. The Balaban J connectivity index is 1.79. The molecule has 1 fully saturated rings. The molecular formula is C16H21N3O2. The summed E-state index contributed by atoms with van der Waals surface area (Å²) in [7, 11) is 1.66. The van der Waals surface area contributed by atoms with Crippen molar-refractivity contribution in [3.05, 3.63) is 29.8 Å². The molecule has 0 spiro atoms. The molecule has 0 radical (unpaired) electrons. The first-order chi connectivity index (χ1) is 10.3. The number of ether oxygens (including phenoxy) is 1. The maximum atomic E-state index is 11.7. The second kappa shape index (κ2) is 6.26. The van der Waals surface area contributed by atoms with E-state index >= 15 is 0 Å². The lowest BCUT2D eigenvalue weighted by Gasteiger charge is -2.27. The molecule has 1 saturated heterocycles.